The molecule has 104 valence electrons. The summed E-state index contributed by atoms with van der Waals surface area (Å²) in [4.78, 5) is 0. The fourth-order valence-electron chi connectivity index (χ4n) is 2.57. The number of nitrogens with two attached hydrogens (primary N) is 1. The Morgan fingerprint density at radius 2 is 1.55 bits per heavy atom. The van der Waals surface area contributed by atoms with Crippen LogP contribution in [0.4, 0.5) is 14.5 Å². The molecule has 0 saturated heterocycles. The summed E-state index contributed by atoms with van der Waals surface area (Å²) in [5.41, 5.74) is 7.91. The van der Waals surface area contributed by atoms with Crippen LogP contribution in [-0.4, -0.2) is 0 Å². The Morgan fingerprint density at radius 3 is 2.25 bits per heavy atom. The Kier molecular flexibility index (Phi) is 3.30. The lowest BCUT2D eigenvalue weighted by Gasteiger charge is -2.17. The molecule has 0 aromatic heterocycles. The summed E-state index contributed by atoms with van der Waals surface area (Å²) in [5, 5.41) is 0. The van der Waals surface area contributed by atoms with Gasteiger partial charge < -0.3 is 10.5 Å². The number of fused-ring (bicyclic) bond motifs is 1. The zero-order chi connectivity index (χ0) is 14.1. The maximum absolute atomic E-state index is 13.7. The number of halogens is 2. The topological polar surface area (TPSA) is 35.2 Å². The zero-order valence-corrected chi connectivity index (χ0v) is 11.0. The molecule has 20 heavy (non-hydrogen) atoms. The lowest BCUT2D eigenvalue weighted by molar-refractivity contribution is 0.407. The molecule has 1 aliphatic carbocycles. The summed E-state index contributed by atoms with van der Waals surface area (Å²) in [6, 6.07) is 7.69. The van der Waals surface area contributed by atoms with Crippen molar-refractivity contribution >= 4 is 5.69 Å². The number of benzene rings is 2. The molecule has 0 fully saturated rings. The number of aryl methyl sites for hydroxylation is 2. The van der Waals surface area contributed by atoms with E-state index in [2.05, 4.69) is 0 Å². The van der Waals surface area contributed by atoms with E-state index in [4.69, 9.17) is 10.5 Å². The van der Waals surface area contributed by atoms with Gasteiger partial charge in [0.25, 0.3) is 0 Å². The van der Waals surface area contributed by atoms with Gasteiger partial charge in [0.2, 0.25) is 0 Å². The normalized spacial score (nSPS) is 13.9. The molecule has 0 spiro atoms. The van der Waals surface area contributed by atoms with Gasteiger partial charge in [-0.15, -0.1) is 0 Å². The maximum Gasteiger partial charge on any atom is 0.198 e. The molecule has 0 bridgehead atoms. The van der Waals surface area contributed by atoms with Crippen molar-refractivity contribution in [2.24, 2.45) is 0 Å². The molecular formula is C16H15F2NO. The van der Waals surface area contributed by atoms with Crippen molar-refractivity contribution in [2.45, 2.75) is 25.7 Å². The molecular weight excluding hydrogens is 260 g/mol. The zero-order valence-electron chi connectivity index (χ0n) is 11.0. The van der Waals surface area contributed by atoms with Gasteiger partial charge in [-0.2, -0.15) is 0 Å². The molecule has 2 aromatic rings. The van der Waals surface area contributed by atoms with Gasteiger partial charge in [-0.1, -0.05) is 6.07 Å². The Balaban J connectivity index is 1.92. The van der Waals surface area contributed by atoms with Crippen LogP contribution in [0.5, 0.6) is 11.5 Å². The minimum Gasteiger partial charge on any atom is -0.451 e. The van der Waals surface area contributed by atoms with Gasteiger partial charge in [0, 0.05) is 17.8 Å². The Morgan fingerprint density at radius 1 is 0.900 bits per heavy atom. The fourth-order valence-corrected chi connectivity index (χ4v) is 2.57. The Hall–Kier alpha value is -2.10. The molecule has 4 heteroatoms. The molecule has 1 aliphatic rings. The van der Waals surface area contributed by atoms with Gasteiger partial charge >= 0.3 is 0 Å². The van der Waals surface area contributed by atoms with Crippen LogP contribution < -0.4 is 10.5 Å². The van der Waals surface area contributed by atoms with Crippen molar-refractivity contribution < 1.29 is 13.5 Å². The molecule has 0 heterocycles. The van der Waals surface area contributed by atoms with E-state index in [9.17, 15) is 8.78 Å². The lowest BCUT2D eigenvalue weighted by atomic mass is 9.92. The van der Waals surface area contributed by atoms with Crippen LogP contribution in [0.2, 0.25) is 0 Å². The quantitative estimate of drug-likeness (QED) is 0.833. The third-order valence-electron chi connectivity index (χ3n) is 3.56. The molecule has 0 atom stereocenters. The number of rotatable bonds is 2. The van der Waals surface area contributed by atoms with Crippen molar-refractivity contribution in [3.63, 3.8) is 0 Å². The van der Waals surface area contributed by atoms with E-state index in [1.807, 2.05) is 12.1 Å². The lowest BCUT2D eigenvalue weighted by Crippen LogP contribution is -2.03. The van der Waals surface area contributed by atoms with Crippen LogP contribution in [0.1, 0.15) is 24.0 Å². The van der Waals surface area contributed by atoms with E-state index < -0.39 is 17.4 Å². The molecule has 2 N–H and O–H groups in total. The SMILES string of the molecule is Nc1cc(F)c(Oc2ccc3c(c2)CCCC3)c(F)c1. The first-order valence-electron chi connectivity index (χ1n) is 6.67. The number of hydrogen-bond donors (Lipinski definition) is 1. The first-order chi connectivity index (χ1) is 9.63. The van der Waals surface area contributed by atoms with Gasteiger partial charge in [0.1, 0.15) is 5.75 Å². The van der Waals surface area contributed by atoms with Crippen molar-refractivity contribution in [2.75, 3.05) is 5.73 Å². The van der Waals surface area contributed by atoms with E-state index in [1.165, 1.54) is 17.5 Å². The van der Waals surface area contributed by atoms with Crippen molar-refractivity contribution in [3.05, 3.63) is 53.1 Å². The highest BCUT2D eigenvalue weighted by molar-refractivity contribution is 5.46. The van der Waals surface area contributed by atoms with Crippen molar-refractivity contribution in [3.8, 4) is 11.5 Å². The van der Waals surface area contributed by atoms with E-state index in [0.717, 1.165) is 31.4 Å². The van der Waals surface area contributed by atoms with Crippen LogP contribution in [0.3, 0.4) is 0 Å². The first-order valence-corrected chi connectivity index (χ1v) is 6.67. The monoisotopic (exact) mass is 275 g/mol. The number of ether oxygens (including phenoxy) is 1. The predicted octanol–water partition coefficient (Wildman–Crippen LogP) is 4.22. The number of nitrogen functional groups attached to an aromatic ring is 1. The Bertz CT molecular complexity index is 632. The van der Waals surface area contributed by atoms with Crippen LogP contribution in [-0.2, 0) is 12.8 Å². The van der Waals surface area contributed by atoms with Crippen molar-refractivity contribution in [1.82, 2.24) is 0 Å². The predicted molar refractivity (Wildman–Crippen MR) is 73.9 cm³/mol. The van der Waals surface area contributed by atoms with E-state index in [0.29, 0.717) is 5.75 Å². The van der Waals surface area contributed by atoms with Gasteiger partial charge in [-0.25, -0.2) is 8.78 Å². The molecule has 0 amide bonds. The number of anilines is 1. The molecule has 0 saturated carbocycles. The van der Waals surface area contributed by atoms with Crippen LogP contribution in [0, 0.1) is 11.6 Å². The van der Waals surface area contributed by atoms with Gasteiger partial charge in [0.15, 0.2) is 17.4 Å². The second-order valence-corrected chi connectivity index (χ2v) is 5.05. The molecule has 0 unspecified atom stereocenters. The molecule has 2 nitrogen and oxygen atoms in total. The summed E-state index contributed by atoms with van der Waals surface area (Å²) in [6.45, 7) is 0. The second kappa shape index (κ2) is 5.12. The minimum atomic E-state index is -0.791. The van der Waals surface area contributed by atoms with Crippen LogP contribution >= 0.6 is 0 Å². The summed E-state index contributed by atoms with van der Waals surface area (Å²) in [6.07, 6.45) is 4.37. The summed E-state index contributed by atoms with van der Waals surface area (Å²) in [7, 11) is 0. The maximum atomic E-state index is 13.7. The van der Waals surface area contributed by atoms with E-state index >= 15 is 0 Å². The molecule has 2 aromatic carbocycles. The molecule has 0 aliphatic heterocycles. The highest BCUT2D eigenvalue weighted by Gasteiger charge is 2.15. The standard InChI is InChI=1S/C16H15F2NO/c17-14-8-12(19)9-15(18)16(14)20-13-6-5-10-3-1-2-4-11(10)7-13/h5-9H,1-4,19H2. The smallest absolute Gasteiger partial charge is 0.198 e. The van der Waals surface area contributed by atoms with Crippen LogP contribution in [0.25, 0.3) is 0 Å². The minimum absolute atomic E-state index is 0.0396. The largest absolute Gasteiger partial charge is 0.451 e. The molecule has 0 radical (unpaired) electrons. The summed E-state index contributed by atoms with van der Waals surface area (Å²) >= 11 is 0. The third-order valence-corrected chi connectivity index (χ3v) is 3.56. The summed E-state index contributed by atoms with van der Waals surface area (Å²) < 4.78 is 32.7. The average molecular weight is 275 g/mol. The molecule has 3 rings (SSSR count). The van der Waals surface area contributed by atoms with E-state index in [-0.39, 0.29) is 5.69 Å². The fraction of sp³-hybridized carbons (Fsp3) is 0.250. The van der Waals surface area contributed by atoms with Gasteiger partial charge in [0.05, 0.1) is 0 Å². The van der Waals surface area contributed by atoms with Crippen molar-refractivity contribution in [1.29, 1.82) is 0 Å². The van der Waals surface area contributed by atoms with Gasteiger partial charge in [-0.05, 0) is 48.9 Å². The third kappa shape index (κ3) is 2.46. The van der Waals surface area contributed by atoms with Gasteiger partial charge in [-0.3, -0.25) is 0 Å². The number of hydrogen-bond acceptors (Lipinski definition) is 2. The van der Waals surface area contributed by atoms with Crippen LogP contribution in [0.15, 0.2) is 30.3 Å². The first kappa shape index (κ1) is 12.9. The summed E-state index contributed by atoms with van der Waals surface area (Å²) in [5.74, 6) is -1.54. The Labute approximate surface area is 116 Å². The van der Waals surface area contributed by atoms with E-state index in [1.54, 1.807) is 6.07 Å². The highest BCUT2D eigenvalue weighted by atomic mass is 19.1. The highest BCUT2D eigenvalue weighted by Crippen LogP contribution is 2.32. The second-order valence-electron chi connectivity index (χ2n) is 5.05. The average Bonchev–Trinajstić information content (AvgIpc) is 2.42.